The van der Waals surface area contributed by atoms with Crippen molar-refractivity contribution in [2.75, 3.05) is 5.73 Å². The lowest BCUT2D eigenvalue weighted by Crippen LogP contribution is -1.99. The summed E-state index contributed by atoms with van der Waals surface area (Å²) in [6.45, 7) is 0.706. The number of rotatable bonds is 2. The average Bonchev–Trinajstić information content (AvgIpc) is 2.90. The Balaban J connectivity index is 2.08. The van der Waals surface area contributed by atoms with Gasteiger partial charge in [0.25, 0.3) is 0 Å². The fourth-order valence-corrected chi connectivity index (χ4v) is 2.10. The topological polar surface area (TPSA) is 82.5 Å². The fraction of sp³-hybridized carbons (Fsp3) is 0.111. The summed E-state index contributed by atoms with van der Waals surface area (Å²) in [6, 6.07) is 0. The highest BCUT2D eigenvalue weighted by Crippen LogP contribution is 2.16. The van der Waals surface area contributed by atoms with Crippen LogP contribution in [0.5, 0.6) is 0 Å². The van der Waals surface area contributed by atoms with Gasteiger partial charge >= 0.3 is 0 Å². The first kappa shape index (κ1) is 9.22. The molecule has 0 radical (unpaired) electrons. The maximum absolute atomic E-state index is 5.71. The van der Waals surface area contributed by atoms with Crippen LogP contribution in [0.1, 0.15) is 4.88 Å². The zero-order valence-corrected chi connectivity index (χ0v) is 9.05. The quantitative estimate of drug-likeness (QED) is 0.710. The minimum absolute atomic E-state index is 0.410. The van der Waals surface area contributed by atoms with Crippen LogP contribution in [0.25, 0.3) is 11.2 Å². The second kappa shape index (κ2) is 3.53. The summed E-state index contributed by atoms with van der Waals surface area (Å²) < 4.78 is 1.93. The molecular weight excluding hydrogens is 224 g/mol. The zero-order valence-electron chi connectivity index (χ0n) is 8.24. The van der Waals surface area contributed by atoms with Crippen molar-refractivity contribution in [1.82, 2.24) is 24.5 Å². The fourth-order valence-electron chi connectivity index (χ4n) is 1.50. The number of nitrogens with two attached hydrogens (primary N) is 1. The molecule has 7 heteroatoms. The van der Waals surface area contributed by atoms with Crippen LogP contribution in [0.3, 0.4) is 0 Å². The van der Waals surface area contributed by atoms with Crippen molar-refractivity contribution in [3.63, 3.8) is 0 Å². The van der Waals surface area contributed by atoms with E-state index in [4.69, 9.17) is 5.73 Å². The molecule has 3 rings (SSSR count). The highest BCUT2D eigenvalue weighted by molar-refractivity contribution is 7.09. The van der Waals surface area contributed by atoms with Crippen LogP contribution in [0, 0.1) is 0 Å². The molecule has 3 aromatic rings. The summed E-state index contributed by atoms with van der Waals surface area (Å²) >= 11 is 1.60. The van der Waals surface area contributed by atoms with Gasteiger partial charge in [-0.05, 0) is 0 Å². The molecule has 3 heterocycles. The predicted molar refractivity (Wildman–Crippen MR) is 61.0 cm³/mol. The summed E-state index contributed by atoms with van der Waals surface area (Å²) in [4.78, 5) is 17.4. The van der Waals surface area contributed by atoms with Gasteiger partial charge in [-0.25, -0.2) is 15.0 Å². The van der Waals surface area contributed by atoms with Crippen LogP contribution >= 0.6 is 11.3 Å². The van der Waals surface area contributed by atoms with Crippen LogP contribution in [0.15, 0.2) is 24.4 Å². The normalized spacial score (nSPS) is 11.0. The van der Waals surface area contributed by atoms with E-state index in [0.29, 0.717) is 17.9 Å². The van der Waals surface area contributed by atoms with Gasteiger partial charge in [0.1, 0.15) is 11.8 Å². The Morgan fingerprint density at radius 2 is 2.25 bits per heavy atom. The summed E-state index contributed by atoms with van der Waals surface area (Å²) in [5.41, 5.74) is 8.91. The molecule has 0 spiro atoms. The Labute approximate surface area is 94.8 Å². The molecule has 0 unspecified atom stereocenters. The molecule has 0 atom stereocenters. The first-order valence-electron chi connectivity index (χ1n) is 4.63. The Hall–Kier alpha value is -2.02. The number of fused-ring (bicyclic) bond motifs is 1. The van der Waals surface area contributed by atoms with Gasteiger partial charge < -0.3 is 10.3 Å². The van der Waals surface area contributed by atoms with Gasteiger partial charge in [-0.3, -0.25) is 4.98 Å². The van der Waals surface area contributed by atoms with Crippen molar-refractivity contribution in [1.29, 1.82) is 0 Å². The van der Waals surface area contributed by atoms with Crippen molar-refractivity contribution < 1.29 is 0 Å². The molecular formula is C9H8N6S. The van der Waals surface area contributed by atoms with Crippen molar-refractivity contribution in [3.8, 4) is 0 Å². The van der Waals surface area contributed by atoms with E-state index >= 15 is 0 Å². The van der Waals surface area contributed by atoms with Crippen molar-refractivity contribution in [2.45, 2.75) is 6.54 Å². The maximum atomic E-state index is 5.71. The number of aromatic nitrogens is 5. The average molecular weight is 232 g/mol. The van der Waals surface area contributed by atoms with Gasteiger partial charge in [-0.15, -0.1) is 11.3 Å². The van der Waals surface area contributed by atoms with E-state index in [2.05, 4.69) is 19.9 Å². The Morgan fingerprint density at radius 3 is 3.06 bits per heavy atom. The van der Waals surface area contributed by atoms with Gasteiger partial charge in [-0.1, -0.05) is 0 Å². The monoisotopic (exact) mass is 232 g/mol. The second-order valence-electron chi connectivity index (χ2n) is 3.27. The van der Waals surface area contributed by atoms with Gasteiger partial charge in [0.15, 0.2) is 11.5 Å². The van der Waals surface area contributed by atoms with E-state index < -0.39 is 0 Å². The molecule has 0 aliphatic heterocycles. The lowest BCUT2D eigenvalue weighted by molar-refractivity contribution is 0.824. The first-order chi connectivity index (χ1) is 7.84. The molecule has 6 nitrogen and oxygen atoms in total. The summed E-state index contributed by atoms with van der Waals surface area (Å²) in [5.74, 6) is 0.410. The standard InChI is InChI=1S/C9H8N6S/c10-8-7-9(13-3-12-8)15(4-14-7)2-6-1-11-5-16-6/h1,3-5H,2H2,(H2,10,12,13). The third kappa shape index (κ3) is 1.41. The first-order valence-corrected chi connectivity index (χ1v) is 5.51. The van der Waals surface area contributed by atoms with Crippen LogP contribution in [-0.4, -0.2) is 24.5 Å². The third-order valence-electron chi connectivity index (χ3n) is 2.24. The summed E-state index contributed by atoms with van der Waals surface area (Å²) in [6.07, 6.45) is 5.00. The molecule has 0 aromatic carbocycles. The molecule has 80 valence electrons. The number of nitrogen functional groups attached to an aromatic ring is 1. The maximum Gasteiger partial charge on any atom is 0.165 e. The number of hydrogen-bond acceptors (Lipinski definition) is 6. The van der Waals surface area contributed by atoms with Gasteiger partial charge in [-0.2, -0.15) is 0 Å². The SMILES string of the molecule is Nc1ncnc2c1ncn2Cc1cncs1. The van der Waals surface area contributed by atoms with Crippen LogP contribution in [0.2, 0.25) is 0 Å². The molecule has 0 fully saturated rings. The molecule has 0 aliphatic rings. The number of nitrogens with zero attached hydrogens (tertiary/aromatic N) is 5. The van der Waals surface area contributed by atoms with E-state index in [0.717, 1.165) is 10.5 Å². The number of thiazole rings is 1. The number of anilines is 1. The van der Waals surface area contributed by atoms with E-state index in [1.165, 1.54) is 6.33 Å². The Morgan fingerprint density at radius 1 is 1.31 bits per heavy atom. The lowest BCUT2D eigenvalue weighted by Gasteiger charge is -2.00. The smallest absolute Gasteiger partial charge is 0.165 e. The number of imidazole rings is 1. The Bertz CT molecular complexity index is 614. The molecule has 2 N–H and O–H groups in total. The molecule has 3 aromatic heterocycles. The summed E-state index contributed by atoms with van der Waals surface area (Å²) in [5, 5.41) is 0. The van der Waals surface area contributed by atoms with Gasteiger partial charge in [0, 0.05) is 11.1 Å². The third-order valence-corrected chi connectivity index (χ3v) is 3.00. The highest BCUT2D eigenvalue weighted by atomic mass is 32.1. The van der Waals surface area contributed by atoms with Gasteiger partial charge in [0.2, 0.25) is 0 Å². The molecule has 0 amide bonds. The predicted octanol–water partition coefficient (Wildman–Crippen LogP) is 0.913. The minimum Gasteiger partial charge on any atom is -0.382 e. The van der Waals surface area contributed by atoms with E-state index in [1.807, 2.05) is 10.8 Å². The largest absolute Gasteiger partial charge is 0.382 e. The minimum atomic E-state index is 0.410. The van der Waals surface area contributed by atoms with Crippen molar-refractivity contribution in [3.05, 3.63) is 29.2 Å². The molecule has 16 heavy (non-hydrogen) atoms. The Kier molecular flexibility index (Phi) is 2.03. The van der Waals surface area contributed by atoms with Crippen LogP contribution < -0.4 is 5.73 Å². The molecule has 0 saturated carbocycles. The van der Waals surface area contributed by atoms with Crippen LogP contribution in [-0.2, 0) is 6.54 Å². The highest BCUT2D eigenvalue weighted by Gasteiger charge is 2.08. The number of hydrogen-bond donors (Lipinski definition) is 1. The zero-order chi connectivity index (χ0) is 11.0. The van der Waals surface area contributed by atoms with E-state index in [-0.39, 0.29) is 0 Å². The van der Waals surface area contributed by atoms with E-state index in [9.17, 15) is 0 Å². The second-order valence-corrected chi connectivity index (χ2v) is 4.24. The molecule has 0 saturated heterocycles. The van der Waals surface area contributed by atoms with E-state index in [1.54, 1.807) is 23.2 Å². The van der Waals surface area contributed by atoms with Gasteiger partial charge in [0.05, 0.1) is 18.4 Å². The lowest BCUT2D eigenvalue weighted by atomic mass is 10.5. The van der Waals surface area contributed by atoms with Crippen molar-refractivity contribution >= 4 is 28.3 Å². The molecule has 0 aliphatic carbocycles. The molecule has 0 bridgehead atoms. The summed E-state index contributed by atoms with van der Waals surface area (Å²) in [7, 11) is 0. The van der Waals surface area contributed by atoms with Crippen LogP contribution in [0.4, 0.5) is 5.82 Å². The van der Waals surface area contributed by atoms with Crippen molar-refractivity contribution in [2.24, 2.45) is 0 Å².